The van der Waals surface area contributed by atoms with Crippen LogP contribution in [0.5, 0.6) is 0 Å². The van der Waals surface area contributed by atoms with Crippen LogP contribution in [-0.4, -0.2) is 23.7 Å². The Labute approximate surface area is 124 Å². The van der Waals surface area contributed by atoms with Crippen LogP contribution < -0.4 is 5.32 Å². The lowest BCUT2D eigenvalue weighted by Crippen LogP contribution is -2.60. The van der Waals surface area contributed by atoms with Gasteiger partial charge < -0.3 is 10.1 Å². The number of hydrogen-bond acceptors (Lipinski definition) is 4. The summed E-state index contributed by atoms with van der Waals surface area (Å²) in [6.07, 6.45) is 6.42. The summed E-state index contributed by atoms with van der Waals surface area (Å²) in [5, 5.41) is 14.3. The van der Waals surface area contributed by atoms with Gasteiger partial charge in [0.1, 0.15) is 0 Å². The van der Waals surface area contributed by atoms with Gasteiger partial charge in [-0.15, -0.1) is 0 Å². The lowest BCUT2D eigenvalue weighted by molar-refractivity contribution is -0.384. The number of nitrogens with one attached hydrogen (secondary N) is 1. The average Bonchev–Trinajstić information content (AvgIpc) is 2.99. The summed E-state index contributed by atoms with van der Waals surface area (Å²) in [5.41, 5.74) is 1.38. The molecule has 2 fully saturated rings. The zero-order valence-corrected chi connectivity index (χ0v) is 12.4. The molecule has 0 aliphatic heterocycles. The van der Waals surface area contributed by atoms with Gasteiger partial charge in [0.2, 0.25) is 0 Å². The molecule has 1 N–H and O–H groups in total. The summed E-state index contributed by atoms with van der Waals surface area (Å²) < 4.78 is 5.90. The minimum atomic E-state index is -0.364. The first-order valence-electron chi connectivity index (χ1n) is 7.78. The summed E-state index contributed by atoms with van der Waals surface area (Å²) in [4.78, 5) is 10.3. The number of non-ortho nitro benzene ring substituents is 1. The van der Waals surface area contributed by atoms with Crippen LogP contribution in [0, 0.1) is 15.5 Å². The highest BCUT2D eigenvalue weighted by molar-refractivity contribution is 5.50. The predicted octanol–water partition coefficient (Wildman–Crippen LogP) is 3.74. The predicted molar refractivity (Wildman–Crippen MR) is 81.4 cm³/mol. The van der Waals surface area contributed by atoms with Crippen molar-refractivity contribution in [2.75, 3.05) is 11.9 Å². The van der Waals surface area contributed by atoms with E-state index in [9.17, 15) is 10.1 Å². The third-order valence-corrected chi connectivity index (χ3v) is 5.11. The first-order chi connectivity index (χ1) is 10.2. The van der Waals surface area contributed by atoms with Crippen LogP contribution in [-0.2, 0) is 4.74 Å². The second-order valence-electron chi connectivity index (χ2n) is 6.12. The Morgan fingerprint density at radius 2 is 2.00 bits per heavy atom. The van der Waals surface area contributed by atoms with Crippen molar-refractivity contribution in [3.8, 4) is 0 Å². The highest BCUT2D eigenvalue weighted by Crippen LogP contribution is 2.55. The molecule has 2 aliphatic rings. The van der Waals surface area contributed by atoms with E-state index in [2.05, 4.69) is 12.2 Å². The number of anilines is 1. The second-order valence-corrected chi connectivity index (χ2v) is 6.12. The molecule has 114 valence electrons. The van der Waals surface area contributed by atoms with Crippen LogP contribution in [0.3, 0.4) is 0 Å². The van der Waals surface area contributed by atoms with E-state index < -0.39 is 0 Å². The monoisotopic (exact) mass is 290 g/mol. The SMILES string of the molecule is CCO[C@H]1C[C@H](Nc2ccc([N+](=O)[O-])cc2)C12CCCC2. The summed E-state index contributed by atoms with van der Waals surface area (Å²) >= 11 is 0. The molecule has 0 amide bonds. The smallest absolute Gasteiger partial charge is 0.269 e. The molecule has 2 atom stereocenters. The number of nitro benzene ring substituents is 1. The minimum absolute atomic E-state index is 0.136. The van der Waals surface area contributed by atoms with Gasteiger partial charge in [-0.25, -0.2) is 0 Å². The van der Waals surface area contributed by atoms with Gasteiger partial charge in [-0.1, -0.05) is 12.8 Å². The summed E-state index contributed by atoms with van der Waals surface area (Å²) in [7, 11) is 0. The van der Waals surface area contributed by atoms with E-state index in [0.717, 1.165) is 18.7 Å². The molecule has 1 aromatic rings. The topological polar surface area (TPSA) is 64.4 Å². The molecule has 2 saturated carbocycles. The maximum Gasteiger partial charge on any atom is 0.269 e. The first kappa shape index (κ1) is 14.3. The molecule has 5 heteroatoms. The molecular weight excluding hydrogens is 268 g/mol. The van der Waals surface area contributed by atoms with Crippen LogP contribution in [0.15, 0.2) is 24.3 Å². The van der Waals surface area contributed by atoms with Crippen molar-refractivity contribution in [1.29, 1.82) is 0 Å². The zero-order chi connectivity index (χ0) is 14.9. The Morgan fingerprint density at radius 3 is 2.57 bits per heavy atom. The van der Waals surface area contributed by atoms with Crippen molar-refractivity contribution >= 4 is 11.4 Å². The van der Waals surface area contributed by atoms with Gasteiger partial charge in [-0.3, -0.25) is 10.1 Å². The molecule has 1 aromatic carbocycles. The molecule has 0 radical (unpaired) electrons. The van der Waals surface area contributed by atoms with Crippen LogP contribution in [0.25, 0.3) is 0 Å². The summed E-state index contributed by atoms with van der Waals surface area (Å²) in [6.45, 7) is 2.83. The van der Waals surface area contributed by atoms with E-state index in [4.69, 9.17) is 4.74 Å². The Hall–Kier alpha value is -1.62. The highest BCUT2D eigenvalue weighted by atomic mass is 16.6. The lowest BCUT2D eigenvalue weighted by Gasteiger charge is -2.54. The Balaban J connectivity index is 1.69. The van der Waals surface area contributed by atoms with Crippen molar-refractivity contribution < 1.29 is 9.66 Å². The number of ether oxygens (including phenoxy) is 1. The molecular formula is C16H22N2O3. The molecule has 0 unspecified atom stereocenters. The fourth-order valence-corrected chi connectivity index (χ4v) is 3.97. The van der Waals surface area contributed by atoms with Gasteiger partial charge in [0.25, 0.3) is 5.69 Å². The third kappa shape index (κ3) is 2.50. The molecule has 3 rings (SSSR count). The van der Waals surface area contributed by atoms with E-state index in [0.29, 0.717) is 12.1 Å². The van der Waals surface area contributed by atoms with Crippen molar-refractivity contribution in [1.82, 2.24) is 0 Å². The van der Waals surface area contributed by atoms with Crippen LogP contribution in [0.1, 0.15) is 39.0 Å². The first-order valence-corrected chi connectivity index (χ1v) is 7.78. The molecule has 21 heavy (non-hydrogen) atoms. The Kier molecular flexibility index (Phi) is 3.85. The Bertz CT molecular complexity index is 509. The van der Waals surface area contributed by atoms with Crippen LogP contribution in [0.4, 0.5) is 11.4 Å². The minimum Gasteiger partial charge on any atom is -0.382 e. The van der Waals surface area contributed by atoms with Crippen molar-refractivity contribution in [3.63, 3.8) is 0 Å². The van der Waals surface area contributed by atoms with Gasteiger partial charge in [-0.2, -0.15) is 0 Å². The normalized spacial score (nSPS) is 26.5. The molecule has 0 bridgehead atoms. The summed E-state index contributed by atoms with van der Waals surface area (Å²) in [5.74, 6) is 0. The molecule has 1 spiro atoms. The number of nitrogens with zero attached hydrogens (tertiary/aromatic N) is 1. The van der Waals surface area contributed by atoms with Crippen molar-refractivity contribution in [2.45, 2.75) is 51.2 Å². The number of benzene rings is 1. The van der Waals surface area contributed by atoms with Gasteiger partial charge in [0, 0.05) is 35.9 Å². The maximum absolute atomic E-state index is 10.7. The van der Waals surface area contributed by atoms with Crippen molar-refractivity contribution in [3.05, 3.63) is 34.4 Å². The molecule has 5 nitrogen and oxygen atoms in total. The maximum atomic E-state index is 10.7. The molecule has 0 saturated heterocycles. The highest BCUT2D eigenvalue weighted by Gasteiger charge is 2.56. The van der Waals surface area contributed by atoms with E-state index in [1.54, 1.807) is 24.3 Å². The largest absolute Gasteiger partial charge is 0.382 e. The standard InChI is InChI=1S/C16H22N2O3/c1-2-21-15-11-14(16(15)9-3-4-10-16)17-12-5-7-13(8-6-12)18(19)20/h5-8,14-15,17H,2-4,9-11H2,1H3/t14-,15-/m0/s1. The number of nitro groups is 1. The fraction of sp³-hybridized carbons (Fsp3) is 0.625. The Morgan fingerprint density at radius 1 is 1.33 bits per heavy atom. The average molecular weight is 290 g/mol. The van der Waals surface area contributed by atoms with Gasteiger partial charge >= 0.3 is 0 Å². The second kappa shape index (κ2) is 5.64. The molecule has 0 aromatic heterocycles. The van der Waals surface area contributed by atoms with E-state index in [1.165, 1.54) is 25.7 Å². The van der Waals surface area contributed by atoms with Crippen molar-refractivity contribution in [2.24, 2.45) is 5.41 Å². The quantitative estimate of drug-likeness (QED) is 0.662. The van der Waals surface area contributed by atoms with E-state index in [-0.39, 0.29) is 16.0 Å². The van der Waals surface area contributed by atoms with E-state index in [1.807, 2.05) is 0 Å². The number of hydrogen-bond donors (Lipinski definition) is 1. The van der Waals surface area contributed by atoms with E-state index >= 15 is 0 Å². The summed E-state index contributed by atoms with van der Waals surface area (Å²) in [6, 6.07) is 7.15. The van der Waals surface area contributed by atoms with Crippen LogP contribution in [0.2, 0.25) is 0 Å². The lowest BCUT2D eigenvalue weighted by atomic mass is 9.60. The van der Waals surface area contributed by atoms with Crippen LogP contribution >= 0.6 is 0 Å². The van der Waals surface area contributed by atoms with Gasteiger partial charge in [0.05, 0.1) is 11.0 Å². The molecule has 0 heterocycles. The van der Waals surface area contributed by atoms with Gasteiger partial charge in [0.15, 0.2) is 0 Å². The zero-order valence-electron chi connectivity index (χ0n) is 12.4. The fourth-order valence-electron chi connectivity index (χ4n) is 3.97. The third-order valence-electron chi connectivity index (χ3n) is 5.11. The number of rotatable bonds is 5. The van der Waals surface area contributed by atoms with Gasteiger partial charge in [-0.05, 0) is 38.3 Å². The molecule has 2 aliphatic carbocycles.